The molecular weight excluding hydrogens is 130 g/mol. The predicted molar refractivity (Wildman–Crippen MR) is 34.6 cm³/mol. The zero-order valence-electron chi connectivity index (χ0n) is 5.41. The summed E-state index contributed by atoms with van der Waals surface area (Å²) in [6, 6.07) is 1.70. The van der Waals surface area contributed by atoms with E-state index in [2.05, 4.69) is 0 Å². The molecule has 10 heavy (non-hydrogen) atoms. The van der Waals surface area contributed by atoms with Gasteiger partial charge in [0.2, 0.25) is 0 Å². The van der Waals surface area contributed by atoms with E-state index in [1.807, 2.05) is 0 Å². The van der Waals surface area contributed by atoms with E-state index in [9.17, 15) is 5.21 Å². The third kappa shape index (κ3) is 0.708. The van der Waals surface area contributed by atoms with Crippen LogP contribution in [0.15, 0.2) is 18.5 Å². The topological polar surface area (TPSA) is 36.2 Å². The molecule has 0 amide bonds. The van der Waals surface area contributed by atoms with Crippen molar-refractivity contribution in [2.45, 2.75) is 6.42 Å². The molecular formula is C7H7NO2. The van der Waals surface area contributed by atoms with Gasteiger partial charge in [-0.1, -0.05) is 0 Å². The highest BCUT2D eigenvalue weighted by molar-refractivity contribution is 5.31. The van der Waals surface area contributed by atoms with Crippen LogP contribution in [0, 0.1) is 5.21 Å². The molecule has 0 atom stereocenters. The molecule has 3 nitrogen and oxygen atoms in total. The monoisotopic (exact) mass is 137 g/mol. The smallest absolute Gasteiger partial charge is 0.187 e. The van der Waals surface area contributed by atoms with Crippen molar-refractivity contribution in [3.63, 3.8) is 0 Å². The van der Waals surface area contributed by atoms with Gasteiger partial charge in [0.15, 0.2) is 12.4 Å². The highest BCUT2D eigenvalue weighted by Crippen LogP contribution is 2.21. The van der Waals surface area contributed by atoms with Crippen LogP contribution in [-0.2, 0) is 6.42 Å². The van der Waals surface area contributed by atoms with E-state index in [0.717, 1.165) is 22.5 Å². The molecule has 0 fully saturated rings. The number of ether oxygens (including phenoxy) is 1. The molecule has 0 radical (unpaired) electrons. The quantitative estimate of drug-likeness (QED) is 0.379. The molecule has 0 unspecified atom stereocenters. The van der Waals surface area contributed by atoms with Crippen molar-refractivity contribution in [2.75, 3.05) is 6.61 Å². The average Bonchev–Trinajstić information content (AvgIpc) is 2.33. The van der Waals surface area contributed by atoms with Crippen LogP contribution in [0.5, 0.6) is 5.75 Å². The third-order valence-electron chi connectivity index (χ3n) is 1.60. The maximum Gasteiger partial charge on any atom is 0.187 e. The fourth-order valence-electron chi connectivity index (χ4n) is 1.11. The number of nitrogens with zero attached hydrogens (tertiary/aromatic N) is 1. The molecule has 2 rings (SSSR count). The van der Waals surface area contributed by atoms with Gasteiger partial charge in [0, 0.05) is 12.5 Å². The fraction of sp³-hybridized carbons (Fsp3) is 0.286. The molecule has 1 aliphatic rings. The first-order chi connectivity index (χ1) is 4.86. The number of fused-ring (bicyclic) bond motifs is 1. The Morgan fingerprint density at radius 1 is 1.60 bits per heavy atom. The van der Waals surface area contributed by atoms with E-state index in [1.54, 1.807) is 12.3 Å². The van der Waals surface area contributed by atoms with Gasteiger partial charge in [0.05, 0.1) is 12.2 Å². The Balaban J connectivity index is 2.52. The van der Waals surface area contributed by atoms with Crippen LogP contribution in [0.3, 0.4) is 0 Å². The summed E-state index contributed by atoms with van der Waals surface area (Å²) in [6.45, 7) is 0.708. The number of aromatic nitrogens is 1. The van der Waals surface area contributed by atoms with Gasteiger partial charge in [-0.2, -0.15) is 4.73 Å². The SMILES string of the molecule is [O-][n+]1ccc2c(c1)CCO2. The lowest BCUT2D eigenvalue weighted by molar-refractivity contribution is -0.605. The highest BCUT2D eigenvalue weighted by Gasteiger charge is 2.13. The summed E-state index contributed by atoms with van der Waals surface area (Å²) in [7, 11) is 0. The van der Waals surface area contributed by atoms with Crippen LogP contribution in [0.4, 0.5) is 0 Å². The van der Waals surface area contributed by atoms with Gasteiger partial charge in [-0.3, -0.25) is 0 Å². The number of hydrogen-bond donors (Lipinski definition) is 0. The number of hydrogen-bond acceptors (Lipinski definition) is 2. The summed E-state index contributed by atoms with van der Waals surface area (Å²) in [5.41, 5.74) is 1.01. The van der Waals surface area contributed by atoms with Crippen molar-refractivity contribution in [1.82, 2.24) is 0 Å². The van der Waals surface area contributed by atoms with Gasteiger partial charge < -0.3 is 9.94 Å². The van der Waals surface area contributed by atoms with Gasteiger partial charge in [-0.25, -0.2) is 0 Å². The van der Waals surface area contributed by atoms with E-state index >= 15 is 0 Å². The molecule has 3 heteroatoms. The van der Waals surface area contributed by atoms with E-state index in [4.69, 9.17) is 4.74 Å². The lowest BCUT2D eigenvalue weighted by Crippen LogP contribution is -2.24. The van der Waals surface area contributed by atoms with E-state index in [1.165, 1.54) is 6.20 Å². The predicted octanol–water partition coefficient (Wildman–Crippen LogP) is 0.255. The van der Waals surface area contributed by atoms with Crippen molar-refractivity contribution < 1.29 is 9.47 Å². The number of rotatable bonds is 0. The van der Waals surface area contributed by atoms with Crippen LogP contribution in [0.25, 0.3) is 0 Å². The Bertz CT molecular complexity index is 260. The molecule has 1 aromatic heterocycles. The van der Waals surface area contributed by atoms with Crippen LogP contribution in [0.1, 0.15) is 5.56 Å². The first-order valence-electron chi connectivity index (χ1n) is 3.21. The average molecular weight is 137 g/mol. The largest absolute Gasteiger partial charge is 0.619 e. The number of pyridine rings is 1. The van der Waals surface area contributed by atoms with Crippen molar-refractivity contribution in [3.8, 4) is 5.75 Å². The highest BCUT2D eigenvalue weighted by atomic mass is 16.5. The zero-order chi connectivity index (χ0) is 6.97. The Kier molecular flexibility index (Phi) is 1.03. The summed E-state index contributed by atoms with van der Waals surface area (Å²) in [5, 5.41) is 10.7. The molecule has 52 valence electrons. The minimum absolute atomic E-state index is 0.708. The lowest BCUT2D eigenvalue weighted by Gasteiger charge is -1.97. The molecule has 0 aromatic carbocycles. The van der Waals surface area contributed by atoms with Crippen molar-refractivity contribution in [3.05, 3.63) is 29.2 Å². The second-order valence-corrected chi connectivity index (χ2v) is 2.29. The molecule has 1 aromatic rings. The molecule has 0 spiro atoms. The fourth-order valence-corrected chi connectivity index (χ4v) is 1.11. The van der Waals surface area contributed by atoms with Crippen molar-refractivity contribution in [2.24, 2.45) is 0 Å². The first-order valence-corrected chi connectivity index (χ1v) is 3.21. The van der Waals surface area contributed by atoms with Crippen LogP contribution >= 0.6 is 0 Å². The standard InChI is InChI=1S/C7H7NO2/c9-8-3-1-7-6(5-8)2-4-10-7/h1,3,5H,2,4H2. The van der Waals surface area contributed by atoms with E-state index in [-0.39, 0.29) is 0 Å². The lowest BCUT2D eigenvalue weighted by atomic mass is 10.2. The Morgan fingerprint density at radius 3 is 3.40 bits per heavy atom. The van der Waals surface area contributed by atoms with E-state index < -0.39 is 0 Å². The van der Waals surface area contributed by atoms with Crippen LogP contribution in [-0.4, -0.2) is 6.61 Å². The van der Waals surface area contributed by atoms with Gasteiger partial charge in [-0.05, 0) is 0 Å². The maximum absolute atomic E-state index is 10.7. The molecule has 1 aliphatic heterocycles. The first kappa shape index (κ1) is 5.53. The zero-order valence-corrected chi connectivity index (χ0v) is 5.41. The minimum atomic E-state index is 0.708. The van der Waals surface area contributed by atoms with Crippen LogP contribution in [0.2, 0.25) is 0 Å². The second kappa shape index (κ2) is 1.87. The normalized spacial score (nSPS) is 14.4. The summed E-state index contributed by atoms with van der Waals surface area (Å²) in [6.07, 6.45) is 3.87. The van der Waals surface area contributed by atoms with Gasteiger partial charge >= 0.3 is 0 Å². The van der Waals surface area contributed by atoms with Crippen molar-refractivity contribution in [1.29, 1.82) is 0 Å². The molecule has 0 N–H and O–H groups in total. The summed E-state index contributed by atoms with van der Waals surface area (Å²) >= 11 is 0. The Labute approximate surface area is 58.4 Å². The van der Waals surface area contributed by atoms with E-state index in [0.29, 0.717) is 6.61 Å². The van der Waals surface area contributed by atoms with Gasteiger partial charge in [-0.15, -0.1) is 0 Å². The molecule has 2 heterocycles. The van der Waals surface area contributed by atoms with Crippen LogP contribution < -0.4 is 9.47 Å². The molecule has 0 bridgehead atoms. The van der Waals surface area contributed by atoms with Crippen molar-refractivity contribution >= 4 is 0 Å². The Hall–Kier alpha value is -1.25. The second-order valence-electron chi connectivity index (χ2n) is 2.29. The minimum Gasteiger partial charge on any atom is -0.619 e. The molecule has 0 saturated carbocycles. The summed E-state index contributed by atoms with van der Waals surface area (Å²) in [5.74, 6) is 0.854. The summed E-state index contributed by atoms with van der Waals surface area (Å²) < 4.78 is 6.00. The molecule has 0 saturated heterocycles. The van der Waals surface area contributed by atoms with Gasteiger partial charge in [0.25, 0.3) is 0 Å². The Morgan fingerprint density at radius 2 is 2.50 bits per heavy atom. The third-order valence-corrected chi connectivity index (χ3v) is 1.60. The maximum atomic E-state index is 10.7. The molecule has 0 aliphatic carbocycles. The summed E-state index contributed by atoms with van der Waals surface area (Å²) in [4.78, 5) is 0. The van der Waals surface area contributed by atoms with Gasteiger partial charge in [0.1, 0.15) is 5.75 Å².